The molecule has 1 aromatic rings. The lowest BCUT2D eigenvalue weighted by Gasteiger charge is -2.23. The molecule has 0 aromatic heterocycles. The third-order valence-electron chi connectivity index (χ3n) is 3.55. The van der Waals surface area contributed by atoms with Crippen molar-refractivity contribution in [1.82, 2.24) is 5.32 Å². The Balaban J connectivity index is 2.31. The Kier molecular flexibility index (Phi) is 2.55. The second-order valence-electron chi connectivity index (χ2n) is 4.88. The molecule has 1 aliphatic rings. The van der Waals surface area contributed by atoms with Gasteiger partial charge in [0.15, 0.2) is 0 Å². The van der Waals surface area contributed by atoms with E-state index < -0.39 is 0 Å². The van der Waals surface area contributed by atoms with Crippen molar-refractivity contribution in [3.8, 4) is 0 Å². The van der Waals surface area contributed by atoms with Crippen LogP contribution in [0.5, 0.6) is 0 Å². The third-order valence-corrected chi connectivity index (χ3v) is 3.55. The Morgan fingerprint density at radius 3 is 2.53 bits per heavy atom. The minimum atomic E-state index is -0.100. The molecule has 1 aliphatic carbocycles. The zero-order valence-electron chi connectivity index (χ0n) is 9.60. The molecule has 1 unspecified atom stereocenters. The Morgan fingerprint density at radius 2 is 2.07 bits per heavy atom. The van der Waals surface area contributed by atoms with Gasteiger partial charge >= 0.3 is 0 Å². The minimum absolute atomic E-state index is 0.100. The summed E-state index contributed by atoms with van der Waals surface area (Å²) in [4.78, 5) is 0. The summed E-state index contributed by atoms with van der Waals surface area (Å²) in [5.41, 5.74) is 2.12. The first-order valence-electron chi connectivity index (χ1n) is 5.50. The lowest BCUT2D eigenvalue weighted by atomic mass is 9.91. The van der Waals surface area contributed by atoms with Gasteiger partial charge in [0.05, 0.1) is 0 Å². The Hall–Kier alpha value is -0.890. The molecule has 15 heavy (non-hydrogen) atoms. The van der Waals surface area contributed by atoms with Gasteiger partial charge in [-0.2, -0.15) is 0 Å². The SMILES string of the molecule is CNC(c1ccc(C)c(F)c1)C1(C)CC1. The molecule has 0 aliphatic heterocycles. The summed E-state index contributed by atoms with van der Waals surface area (Å²) < 4.78 is 13.5. The first kappa shape index (κ1) is 10.6. The largest absolute Gasteiger partial charge is 0.313 e. The fourth-order valence-corrected chi connectivity index (χ4v) is 2.19. The summed E-state index contributed by atoms with van der Waals surface area (Å²) in [5, 5.41) is 3.30. The maximum Gasteiger partial charge on any atom is 0.126 e. The van der Waals surface area contributed by atoms with Crippen LogP contribution in [0.4, 0.5) is 4.39 Å². The number of hydrogen-bond acceptors (Lipinski definition) is 1. The van der Waals surface area contributed by atoms with E-state index in [1.807, 2.05) is 19.2 Å². The highest BCUT2D eigenvalue weighted by atomic mass is 19.1. The molecule has 1 atom stereocenters. The maximum atomic E-state index is 13.5. The van der Waals surface area contributed by atoms with Gasteiger partial charge in [-0.3, -0.25) is 0 Å². The van der Waals surface area contributed by atoms with E-state index in [1.54, 1.807) is 13.0 Å². The summed E-state index contributed by atoms with van der Waals surface area (Å²) in [5.74, 6) is -0.100. The van der Waals surface area contributed by atoms with E-state index in [0.29, 0.717) is 5.41 Å². The average Bonchev–Trinajstić information content (AvgIpc) is 2.92. The second kappa shape index (κ2) is 3.60. The molecule has 2 heteroatoms. The van der Waals surface area contributed by atoms with Crippen LogP contribution in [0.15, 0.2) is 18.2 Å². The highest BCUT2D eigenvalue weighted by Gasteiger charge is 2.44. The van der Waals surface area contributed by atoms with Crippen molar-refractivity contribution >= 4 is 0 Å². The van der Waals surface area contributed by atoms with Crippen molar-refractivity contribution in [3.63, 3.8) is 0 Å². The maximum absolute atomic E-state index is 13.5. The van der Waals surface area contributed by atoms with Crippen LogP contribution in [0.3, 0.4) is 0 Å². The highest BCUT2D eigenvalue weighted by molar-refractivity contribution is 5.28. The first-order chi connectivity index (χ1) is 7.07. The van der Waals surface area contributed by atoms with Crippen LogP contribution in [-0.2, 0) is 0 Å². The smallest absolute Gasteiger partial charge is 0.126 e. The van der Waals surface area contributed by atoms with E-state index in [4.69, 9.17) is 0 Å². The molecule has 1 aromatic carbocycles. The van der Waals surface area contributed by atoms with Gasteiger partial charge in [-0.15, -0.1) is 0 Å². The summed E-state index contributed by atoms with van der Waals surface area (Å²) in [6.45, 7) is 4.05. The van der Waals surface area contributed by atoms with E-state index in [2.05, 4.69) is 12.2 Å². The van der Waals surface area contributed by atoms with Crippen molar-refractivity contribution < 1.29 is 4.39 Å². The van der Waals surface area contributed by atoms with Gasteiger partial charge in [0.25, 0.3) is 0 Å². The predicted molar refractivity (Wildman–Crippen MR) is 60.3 cm³/mol. The zero-order valence-corrected chi connectivity index (χ0v) is 9.60. The Morgan fingerprint density at radius 1 is 1.40 bits per heavy atom. The summed E-state index contributed by atoms with van der Waals surface area (Å²) in [7, 11) is 1.95. The van der Waals surface area contributed by atoms with Gasteiger partial charge < -0.3 is 5.32 Å². The molecular weight excluding hydrogens is 189 g/mol. The van der Waals surface area contributed by atoms with Crippen molar-refractivity contribution in [2.75, 3.05) is 7.05 Å². The van der Waals surface area contributed by atoms with E-state index in [0.717, 1.165) is 11.1 Å². The van der Waals surface area contributed by atoms with Crippen LogP contribution < -0.4 is 5.32 Å². The monoisotopic (exact) mass is 207 g/mol. The number of rotatable bonds is 3. The van der Waals surface area contributed by atoms with Crippen molar-refractivity contribution in [2.24, 2.45) is 5.41 Å². The molecule has 0 radical (unpaired) electrons. The van der Waals surface area contributed by atoms with Gasteiger partial charge in [-0.05, 0) is 49.4 Å². The molecule has 82 valence electrons. The minimum Gasteiger partial charge on any atom is -0.313 e. The van der Waals surface area contributed by atoms with Crippen LogP contribution in [0, 0.1) is 18.2 Å². The topological polar surface area (TPSA) is 12.0 Å². The fraction of sp³-hybridized carbons (Fsp3) is 0.538. The van der Waals surface area contributed by atoms with Crippen molar-refractivity contribution in [3.05, 3.63) is 35.1 Å². The first-order valence-corrected chi connectivity index (χ1v) is 5.50. The highest BCUT2D eigenvalue weighted by Crippen LogP contribution is 2.54. The van der Waals surface area contributed by atoms with Crippen LogP contribution in [0.1, 0.15) is 36.9 Å². The quantitative estimate of drug-likeness (QED) is 0.802. The van der Waals surface area contributed by atoms with Gasteiger partial charge in [-0.25, -0.2) is 4.39 Å². The van der Waals surface area contributed by atoms with Gasteiger partial charge in [-0.1, -0.05) is 19.1 Å². The van der Waals surface area contributed by atoms with E-state index in [1.165, 1.54) is 12.8 Å². The Labute approximate surface area is 90.7 Å². The van der Waals surface area contributed by atoms with Gasteiger partial charge in [0, 0.05) is 6.04 Å². The van der Waals surface area contributed by atoms with E-state index in [9.17, 15) is 4.39 Å². The van der Waals surface area contributed by atoms with Crippen LogP contribution >= 0.6 is 0 Å². The standard InChI is InChI=1S/C13H18FN/c1-9-4-5-10(8-11(9)14)12(15-3)13(2)6-7-13/h4-5,8,12,15H,6-7H2,1-3H3. The summed E-state index contributed by atoms with van der Waals surface area (Å²) in [6.07, 6.45) is 2.46. The molecule has 0 spiro atoms. The molecule has 1 fully saturated rings. The second-order valence-corrected chi connectivity index (χ2v) is 4.88. The van der Waals surface area contributed by atoms with E-state index in [-0.39, 0.29) is 11.9 Å². The average molecular weight is 207 g/mol. The van der Waals surface area contributed by atoms with Crippen molar-refractivity contribution in [1.29, 1.82) is 0 Å². The number of aryl methyl sites for hydroxylation is 1. The number of benzene rings is 1. The summed E-state index contributed by atoms with van der Waals surface area (Å²) >= 11 is 0. The fourth-order valence-electron chi connectivity index (χ4n) is 2.19. The van der Waals surface area contributed by atoms with Gasteiger partial charge in [0.2, 0.25) is 0 Å². The Bertz CT molecular complexity index is 369. The summed E-state index contributed by atoms with van der Waals surface area (Å²) in [6, 6.07) is 5.84. The third kappa shape index (κ3) is 1.91. The number of nitrogens with one attached hydrogen (secondary N) is 1. The molecule has 0 bridgehead atoms. The molecule has 1 nitrogen and oxygen atoms in total. The van der Waals surface area contributed by atoms with Crippen LogP contribution in [0.2, 0.25) is 0 Å². The normalized spacial score (nSPS) is 20.0. The molecule has 1 N–H and O–H groups in total. The molecule has 2 rings (SSSR count). The van der Waals surface area contributed by atoms with Gasteiger partial charge in [0.1, 0.15) is 5.82 Å². The van der Waals surface area contributed by atoms with Crippen molar-refractivity contribution in [2.45, 2.75) is 32.7 Å². The molecule has 0 heterocycles. The molecule has 0 saturated heterocycles. The van der Waals surface area contributed by atoms with E-state index >= 15 is 0 Å². The molecule has 1 saturated carbocycles. The van der Waals surface area contributed by atoms with Crippen LogP contribution in [0.25, 0.3) is 0 Å². The number of hydrogen-bond donors (Lipinski definition) is 1. The predicted octanol–water partition coefficient (Wildman–Crippen LogP) is 3.19. The number of halogens is 1. The zero-order chi connectivity index (χ0) is 11.1. The lowest BCUT2D eigenvalue weighted by molar-refractivity contribution is 0.389. The molecule has 0 amide bonds. The molecular formula is C13H18FN. The van der Waals surface area contributed by atoms with Crippen LogP contribution in [-0.4, -0.2) is 7.05 Å². The lowest BCUT2D eigenvalue weighted by Crippen LogP contribution is -2.24.